The lowest BCUT2D eigenvalue weighted by Gasteiger charge is -2.12. The number of benzene rings is 1. The molecular formula is C11H17ClN2O2S. The third-order valence-electron chi connectivity index (χ3n) is 2.28. The predicted octanol–water partition coefficient (Wildman–Crippen LogP) is 2.00. The molecule has 0 bridgehead atoms. The SMILES string of the molecule is CCNCCS(=O)(=O)Nc1c(C)cccc1Cl. The minimum Gasteiger partial charge on any atom is -0.316 e. The number of anilines is 1. The van der Waals surface area contributed by atoms with Gasteiger partial charge in [-0.3, -0.25) is 4.72 Å². The Balaban J connectivity index is 2.76. The Kier molecular flexibility index (Phi) is 5.24. The van der Waals surface area contributed by atoms with Crippen molar-refractivity contribution in [3.05, 3.63) is 28.8 Å². The summed E-state index contributed by atoms with van der Waals surface area (Å²) in [6.45, 7) is 4.92. The summed E-state index contributed by atoms with van der Waals surface area (Å²) in [7, 11) is -3.35. The van der Waals surface area contributed by atoms with Gasteiger partial charge in [0.2, 0.25) is 10.0 Å². The molecule has 4 nitrogen and oxygen atoms in total. The van der Waals surface area contributed by atoms with Crippen molar-refractivity contribution in [1.29, 1.82) is 0 Å². The minimum absolute atomic E-state index is 0.0332. The van der Waals surface area contributed by atoms with E-state index in [1.807, 2.05) is 19.9 Å². The lowest BCUT2D eigenvalue weighted by Crippen LogP contribution is -2.26. The van der Waals surface area contributed by atoms with Crippen LogP contribution in [0.25, 0.3) is 0 Å². The first-order chi connectivity index (χ1) is 7.96. The molecule has 0 heterocycles. The van der Waals surface area contributed by atoms with Crippen LogP contribution in [-0.4, -0.2) is 27.3 Å². The molecule has 2 N–H and O–H groups in total. The molecular weight excluding hydrogens is 260 g/mol. The highest BCUT2D eigenvalue weighted by atomic mass is 35.5. The standard InChI is InChI=1S/C11H17ClN2O2S/c1-3-13-7-8-17(15,16)14-11-9(2)5-4-6-10(11)12/h4-6,13-14H,3,7-8H2,1-2H3. The fraction of sp³-hybridized carbons (Fsp3) is 0.455. The zero-order valence-electron chi connectivity index (χ0n) is 9.96. The molecule has 96 valence electrons. The number of nitrogens with one attached hydrogen (secondary N) is 2. The normalized spacial score (nSPS) is 11.5. The highest BCUT2D eigenvalue weighted by Crippen LogP contribution is 2.26. The number of para-hydroxylation sites is 1. The van der Waals surface area contributed by atoms with Gasteiger partial charge >= 0.3 is 0 Å². The van der Waals surface area contributed by atoms with Crippen molar-refractivity contribution in [2.75, 3.05) is 23.6 Å². The molecule has 1 rings (SSSR count). The summed E-state index contributed by atoms with van der Waals surface area (Å²) in [5.41, 5.74) is 1.27. The second kappa shape index (κ2) is 6.23. The molecule has 0 aliphatic rings. The maximum absolute atomic E-state index is 11.8. The first-order valence-electron chi connectivity index (χ1n) is 5.42. The molecule has 0 saturated carbocycles. The molecule has 0 spiro atoms. The lowest BCUT2D eigenvalue weighted by molar-refractivity contribution is 0.597. The van der Waals surface area contributed by atoms with E-state index in [2.05, 4.69) is 10.0 Å². The first-order valence-corrected chi connectivity index (χ1v) is 7.45. The predicted molar refractivity (Wildman–Crippen MR) is 72.1 cm³/mol. The van der Waals surface area contributed by atoms with Gasteiger partial charge in [0.05, 0.1) is 16.5 Å². The van der Waals surface area contributed by atoms with Crippen molar-refractivity contribution in [3.8, 4) is 0 Å². The Labute approximate surface area is 107 Å². The van der Waals surface area contributed by atoms with E-state index in [1.165, 1.54) is 0 Å². The molecule has 1 aromatic carbocycles. The molecule has 1 aromatic rings. The highest BCUT2D eigenvalue weighted by Gasteiger charge is 2.13. The molecule has 0 saturated heterocycles. The number of hydrogen-bond acceptors (Lipinski definition) is 3. The van der Waals surface area contributed by atoms with Gasteiger partial charge in [0, 0.05) is 6.54 Å². The van der Waals surface area contributed by atoms with Crippen molar-refractivity contribution >= 4 is 27.3 Å². The maximum atomic E-state index is 11.8. The van der Waals surface area contributed by atoms with Crippen LogP contribution in [0, 0.1) is 6.92 Å². The number of rotatable bonds is 6. The summed E-state index contributed by atoms with van der Waals surface area (Å²) in [5, 5.41) is 3.38. The van der Waals surface area contributed by atoms with Crippen LogP contribution in [0.5, 0.6) is 0 Å². The Hall–Kier alpha value is -0.780. The number of hydrogen-bond donors (Lipinski definition) is 2. The summed E-state index contributed by atoms with van der Waals surface area (Å²) in [6.07, 6.45) is 0. The molecule has 0 radical (unpaired) electrons. The van der Waals surface area contributed by atoms with Crippen molar-refractivity contribution in [3.63, 3.8) is 0 Å². The summed E-state index contributed by atoms with van der Waals surface area (Å²) in [6, 6.07) is 5.26. The van der Waals surface area contributed by atoms with Gasteiger partial charge in [-0.05, 0) is 25.1 Å². The van der Waals surface area contributed by atoms with E-state index in [9.17, 15) is 8.42 Å². The van der Waals surface area contributed by atoms with E-state index >= 15 is 0 Å². The van der Waals surface area contributed by atoms with E-state index < -0.39 is 10.0 Å². The lowest BCUT2D eigenvalue weighted by atomic mass is 10.2. The molecule has 0 atom stereocenters. The monoisotopic (exact) mass is 276 g/mol. The van der Waals surface area contributed by atoms with Gasteiger partial charge in [-0.1, -0.05) is 30.7 Å². The zero-order valence-corrected chi connectivity index (χ0v) is 11.5. The molecule has 0 aromatic heterocycles. The summed E-state index contributed by atoms with van der Waals surface area (Å²) in [4.78, 5) is 0. The number of aryl methyl sites for hydroxylation is 1. The summed E-state index contributed by atoms with van der Waals surface area (Å²) < 4.78 is 26.1. The van der Waals surface area contributed by atoms with Crippen LogP contribution in [0.3, 0.4) is 0 Å². The summed E-state index contributed by atoms with van der Waals surface area (Å²) >= 11 is 5.95. The van der Waals surface area contributed by atoms with Crippen molar-refractivity contribution in [2.24, 2.45) is 0 Å². The van der Waals surface area contributed by atoms with Gasteiger partial charge in [-0.2, -0.15) is 0 Å². The van der Waals surface area contributed by atoms with Gasteiger partial charge in [0.15, 0.2) is 0 Å². The van der Waals surface area contributed by atoms with Gasteiger partial charge in [-0.15, -0.1) is 0 Å². The van der Waals surface area contributed by atoms with Crippen molar-refractivity contribution in [2.45, 2.75) is 13.8 Å². The van der Waals surface area contributed by atoms with Crippen LogP contribution in [0.2, 0.25) is 5.02 Å². The molecule has 0 aliphatic heterocycles. The largest absolute Gasteiger partial charge is 0.316 e. The van der Waals surface area contributed by atoms with Gasteiger partial charge in [0.1, 0.15) is 0 Å². The zero-order chi connectivity index (χ0) is 12.9. The third-order valence-corrected chi connectivity index (χ3v) is 3.85. The van der Waals surface area contributed by atoms with Gasteiger partial charge in [-0.25, -0.2) is 8.42 Å². The average molecular weight is 277 g/mol. The molecule has 0 fully saturated rings. The highest BCUT2D eigenvalue weighted by molar-refractivity contribution is 7.92. The molecule has 0 amide bonds. The van der Waals surface area contributed by atoms with Gasteiger partial charge < -0.3 is 5.32 Å². The Bertz CT molecular complexity index is 454. The fourth-order valence-electron chi connectivity index (χ4n) is 1.35. The third kappa shape index (κ3) is 4.53. The van der Waals surface area contributed by atoms with Crippen LogP contribution in [0.15, 0.2) is 18.2 Å². The Morgan fingerprint density at radius 2 is 2.06 bits per heavy atom. The topological polar surface area (TPSA) is 58.2 Å². The van der Waals surface area contributed by atoms with Crippen molar-refractivity contribution < 1.29 is 8.42 Å². The average Bonchev–Trinajstić information content (AvgIpc) is 2.24. The smallest absolute Gasteiger partial charge is 0.234 e. The fourth-order valence-corrected chi connectivity index (χ4v) is 2.77. The second-order valence-corrected chi connectivity index (χ2v) is 5.96. The Morgan fingerprint density at radius 3 is 2.65 bits per heavy atom. The van der Waals surface area contributed by atoms with Gasteiger partial charge in [0.25, 0.3) is 0 Å². The van der Waals surface area contributed by atoms with E-state index in [0.717, 1.165) is 12.1 Å². The van der Waals surface area contributed by atoms with E-state index in [0.29, 0.717) is 17.3 Å². The van der Waals surface area contributed by atoms with Crippen LogP contribution >= 0.6 is 11.6 Å². The minimum atomic E-state index is -3.35. The van der Waals surface area contributed by atoms with E-state index in [4.69, 9.17) is 11.6 Å². The van der Waals surface area contributed by atoms with Crippen molar-refractivity contribution in [1.82, 2.24) is 5.32 Å². The van der Waals surface area contributed by atoms with Crippen LogP contribution in [-0.2, 0) is 10.0 Å². The number of sulfonamides is 1. The quantitative estimate of drug-likeness (QED) is 0.782. The Morgan fingerprint density at radius 1 is 1.35 bits per heavy atom. The molecule has 6 heteroatoms. The second-order valence-electron chi connectivity index (χ2n) is 3.71. The van der Waals surface area contributed by atoms with E-state index in [1.54, 1.807) is 12.1 Å². The maximum Gasteiger partial charge on any atom is 0.234 e. The molecule has 0 aliphatic carbocycles. The summed E-state index contributed by atoms with van der Waals surface area (Å²) in [5.74, 6) is 0.0332. The van der Waals surface area contributed by atoms with Crippen LogP contribution in [0.4, 0.5) is 5.69 Å². The van der Waals surface area contributed by atoms with Crippen LogP contribution < -0.4 is 10.0 Å². The van der Waals surface area contributed by atoms with E-state index in [-0.39, 0.29) is 5.75 Å². The molecule has 0 unspecified atom stereocenters. The van der Waals surface area contributed by atoms with Crippen LogP contribution in [0.1, 0.15) is 12.5 Å². The molecule has 17 heavy (non-hydrogen) atoms. The number of halogens is 1. The first kappa shape index (κ1) is 14.3.